The molecule has 1 saturated carbocycles. The SMILES string of the molecule is COc1cccc(-c2nnc(SCCCC(=O)N3CCN(C(=O)C4CCC4)C(C)C3)n2-c2ccccc2)c1. The van der Waals surface area contributed by atoms with Crippen LogP contribution in [0.2, 0.25) is 0 Å². The molecule has 1 aromatic heterocycles. The summed E-state index contributed by atoms with van der Waals surface area (Å²) in [5.41, 5.74) is 1.91. The molecule has 1 saturated heterocycles. The van der Waals surface area contributed by atoms with E-state index in [-0.39, 0.29) is 23.8 Å². The van der Waals surface area contributed by atoms with Gasteiger partial charge in [-0.2, -0.15) is 0 Å². The number of amides is 2. The topological polar surface area (TPSA) is 80.6 Å². The Balaban J connectivity index is 1.19. The number of ether oxygens (including phenoxy) is 1. The van der Waals surface area contributed by atoms with Crippen molar-refractivity contribution in [2.45, 2.75) is 50.2 Å². The number of rotatable bonds is 9. The van der Waals surface area contributed by atoms with Gasteiger partial charge in [-0.25, -0.2) is 0 Å². The van der Waals surface area contributed by atoms with Gasteiger partial charge in [-0.3, -0.25) is 14.2 Å². The average Bonchev–Trinajstić information content (AvgIpc) is 3.34. The van der Waals surface area contributed by atoms with Crippen LogP contribution in [0.25, 0.3) is 17.1 Å². The first kappa shape index (κ1) is 26.3. The van der Waals surface area contributed by atoms with Gasteiger partial charge < -0.3 is 14.5 Å². The van der Waals surface area contributed by atoms with Crippen LogP contribution in [0.4, 0.5) is 0 Å². The molecular weight excluding hydrogens is 498 g/mol. The molecular formula is C29H35N5O3S. The lowest BCUT2D eigenvalue weighted by Crippen LogP contribution is -2.57. The largest absolute Gasteiger partial charge is 0.497 e. The maximum atomic E-state index is 12.9. The smallest absolute Gasteiger partial charge is 0.226 e. The Hall–Kier alpha value is -3.33. The van der Waals surface area contributed by atoms with Crippen molar-refractivity contribution in [1.29, 1.82) is 0 Å². The van der Waals surface area contributed by atoms with Gasteiger partial charge in [0.15, 0.2) is 11.0 Å². The van der Waals surface area contributed by atoms with Crippen molar-refractivity contribution >= 4 is 23.6 Å². The minimum Gasteiger partial charge on any atom is -0.497 e. The van der Waals surface area contributed by atoms with E-state index in [1.807, 2.05) is 64.4 Å². The van der Waals surface area contributed by atoms with Crippen LogP contribution in [-0.2, 0) is 9.59 Å². The standard InChI is InChI=1S/C29H35N5O3S/c1-21-20-32(16-17-33(21)28(36)22-9-6-10-22)26(35)15-8-18-38-29-31-30-27(23-11-7-14-25(19-23)37-2)34(29)24-12-4-3-5-13-24/h3-5,7,11-14,19,21-22H,6,8-10,15-18,20H2,1-2H3. The fourth-order valence-electron chi connectivity index (χ4n) is 5.07. The van der Waals surface area contributed by atoms with Gasteiger partial charge in [0.05, 0.1) is 7.11 Å². The quantitative estimate of drug-likeness (QED) is 0.294. The van der Waals surface area contributed by atoms with Gasteiger partial charge in [0, 0.05) is 55.0 Å². The molecule has 200 valence electrons. The summed E-state index contributed by atoms with van der Waals surface area (Å²) < 4.78 is 7.46. The van der Waals surface area contributed by atoms with E-state index in [9.17, 15) is 9.59 Å². The van der Waals surface area contributed by atoms with Crippen molar-refractivity contribution < 1.29 is 14.3 Å². The predicted molar refractivity (Wildman–Crippen MR) is 148 cm³/mol. The number of methoxy groups -OCH3 is 1. The molecule has 38 heavy (non-hydrogen) atoms. The maximum absolute atomic E-state index is 12.9. The molecule has 1 atom stereocenters. The third-order valence-corrected chi connectivity index (χ3v) is 8.47. The highest BCUT2D eigenvalue weighted by atomic mass is 32.2. The van der Waals surface area contributed by atoms with Crippen LogP contribution in [0.5, 0.6) is 5.75 Å². The van der Waals surface area contributed by atoms with Crippen LogP contribution in [0, 0.1) is 5.92 Å². The second-order valence-corrected chi connectivity index (χ2v) is 11.1. The van der Waals surface area contributed by atoms with E-state index in [1.165, 1.54) is 0 Å². The predicted octanol–water partition coefficient (Wildman–Crippen LogP) is 4.67. The zero-order chi connectivity index (χ0) is 26.5. The Labute approximate surface area is 228 Å². The van der Waals surface area contributed by atoms with Crippen molar-refractivity contribution in [2.75, 3.05) is 32.5 Å². The molecule has 0 bridgehead atoms. The zero-order valence-corrected chi connectivity index (χ0v) is 22.9. The summed E-state index contributed by atoms with van der Waals surface area (Å²) in [5, 5.41) is 9.79. The number of carbonyl (C=O) groups is 2. The number of hydrogen-bond acceptors (Lipinski definition) is 6. The lowest BCUT2D eigenvalue weighted by atomic mass is 9.84. The van der Waals surface area contributed by atoms with E-state index in [0.29, 0.717) is 26.1 Å². The molecule has 2 heterocycles. The third-order valence-electron chi connectivity index (χ3n) is 7.46. The molecule has 2 aliphatic rings. The van der Waals surface area contributed by atoms with Crippen LogP contribution >= 0.6 is 11.8 Å². The van der Waals surface area contributed by atoms with Gasteiger partial charge in [0.25, 0.3) is 0 Å². The molecule has 9 heteroatoms. The Kier molecular flexibility index (Phi) is 8.32. The van der Waals surface area contributed by atoms with Crippen molar-refractivity contribution in [3.05, 3.63) is 54.6 Å². The minimum atomic E-state index is 0.0784. The van der Waals surface area contributed by atoms with Crippen molar-refractivity contribution in [2.24, 2.45) is 5.92 Å². The number of piperazine rings is 1. The minimum absolute atomic E-state index is 0.0784. The highest BCUT2D eigenvalue weighted by Crippen LogP contribution is 2.31. The van der Waals surface area contributed by atoms with E-state index in [1.54, 1.807) is 18.9 Å². The van der Waals surface area contributed by atoms with Crippen LogP contribution in [-0.4, -0.2) is 74.9 Å². The van der Waals surface area contributed by atoms with Gasteiger partial charge in [-0.05, 0) is 50.5 Å². The summed E-state index contributed by atoms with van der Waals surface area (Å²) >= 11 is 1.61. The molecule has 5 rings (SSSR count). The van der Waals surface area contributed by atoms with E-state index < -0.39 is 0 Å². The second kappa shape index (κ2) is 12.0. The Morgan fingerprint density at radius 3 is 2.58 bits per heavy atom. The third kappa shape index (κ3) is 5.72. The summed E-state index contributed by atoms with van der Waals surface area (Å²) in [6.45, 7) is 3.95. The number of carbonyl (C=O) groups excluding carboxylic acids is 2. The van der Waals surface area contributed by atoms with Gasteiger partial charge in [-0.15, -0.1) is 10.2 Å². The number of thioether (sulfide) groups is 1. The summed E-state index contributed by atoms with van der Waals surface area (Å²) in [6.07, 6.45) is 4.42. The lowest BCUT2D eigenvalue weighted by Gasteiger charge is -2.42. The number of nitrogens with zero attached hydrogens (tertiary/aromatic N) is 5. The molecule has 0 N–H and O–H groups in total. The highest BCUT2D eigenvalue weighted by molar-refractivity contribution is 7.99. The normalized spacial score (nSPS) is 17.8. The number of aromatic nitrogens is 3. The molecule has 3 aromatic rings. The average molecular weight is 534 g/mol. The second-order valence-electron chi connectivity index (χ2n) is 10.0. The molecule has 1 unspecified atom stereocenters. The lowest BCUT2D eigenvalue weighted by molar-refractivity contribution is -0.147. The number of para-hydroxylation sites is 1. The summed E-state index contributed by atoms with van der Waals surface area (Å²) in [7, 11) is 1.65. The van der Waals surface area contributed by atoms with Crippen molar-refractivity contribution in [3.8, 4) is 22.8 Å². The molecule has 8 nitrogen and oxygen atoms in total. The zero-order valence-electron chi connectivity index (χ0n) is 22.1. The number of hydrogen-bond donors (Lipinski definition) is 0. The van der Waals surface area contributed by atoms with E-state index in [0.717, 1.165) is 59.4 Å². The van der Waals surface area contributed by atoms with Crippen molar-refractivity contribution in [1.82, 2.24) is 24.6 Å². The van der Waals surface area contributed by atoms with Crippen LogP contribution in [0.3, 0.4) is 0 Å². The summed E-state index contributed by atoms with van der Waals surface area (Å²) in [4.78, 5) is 29.5. The summed E-state index contributed by atoms with van der Waals surface area (Å²) in [5.74, 6) is 2.92. The first-order valence-electron chi connectivity index (χ1n) is 13.4. The van der Waals surface area contributed by atoms with E-state index in [4.69, 9.17) is 4.74 Å². The first-order chi connectivity index (χ1) is 18.5. The molecule has 2 amide bonds. The fourth-order valence-corrected chi connectivity index (χ4v) is 5.96. The summed E-state index contributed by atoms with van der Waals surface area (Å²) in [6, 6.07) is 17.9. The Morgan fingerprint density at radius 1 is 1.05 bits per heavy atom. The fraction of sp³-hybridized carbons (Fsp3) is 0.448. The Morgan fingerprint density at radius 2 is 1.87 bits per heavy atom. The van der Waals surface area contributed by atoms with Gasteiger partial charge in [-0.1, -0.05) is 48.5 Å². The molecule has 2 fully saturated rings. The molecule has 0 radical (unpaired) electrons. The molecule has 1 aliphatic carbocycles. The molecule has 0 spiro atoms. The molecule has 1 aliphatic heterocycles. The number of benzene rings is 2. The van der Waals surface area contributed by atoms with E-state index in [2.05, 4.69) is 21.7 Å². The van der Waals surface area contributed by atoms with Crippen LogP contribution in [0.1, 0.15) is 39.0 Å². The van der Waals surface area contributed by atoms with Crippen LogP contribution < -0.4 is 4.74 Å². The monoisotopic (exact) mass is 533 g/mol. The molecule has 2 aromatic carbocycles. The first-order valence-corrected chi connectivity index (χ1v) is 14.4. The highest BCUT2D eigenvalue weighted by Gasteiger charge is 2.35. The van der Waals surface area contributed by atoms with E-state index >= 15 is 0 Å². The van der Waals surface area contributed by atoms with Crippen molar-refractivity contribution in [3.63, 3.8) is 0 Å². The maximum Gasteiger partial charge on any atom is 0.226 e. The Bertz CT molecular complexity index is 1260. The van der Waals surface area contributed by atoms with Gasteiger partial charge in [0.1, 0.15) is 5.75 Å². The van der Waals surface area contributed by atoms with Gasteiger partial charge >= 0.3 is 0 Å². The van der Waals surface area contributed by atoms with Gasteiger partial charge in [0.2, 0.25) is 11.8 Å². The van der Waals surface area contributed by atoms with Crippen LogP contribution in [0.15, 0.2) is 59.8 Å².